The van der Waals surface area contributed by atoms with Crippen LogP contribution in [0.3, 0.4) is 0 Å². The number of likely N-dealkylation sites (N-methyl/N-ethyl adjacent to an activating group) is 1. The molecule has 13 heavy (non-hydrogen) atoms. The van der Waals surface area contributed by atoms with Gasteiger partial charge >= 0.3 is 0 Å². The molecular weight excluding hydrogens is 162 g/mol. The largest absolute Gasteiger partial charge is 0.330 e. The zero-order valence-electron chi connectivity index (χ0n) is 8.74. The van der Waals surface area contributed by atoms with Crippen molar-refractivity contribution in [2.24, 2.45) is 23.5 Å². The third kappa shape index (κ3) is 1.87. The van der Waals surface area contributed by atoms with Gasteiger partial charge in [0.15, 0.2) is 0 Å². The van der Waals surface area contributed by atoms with E-state index in [-0.39, 0.29) is 0 Å². The number of hydrogen-bond acceptors (Lipinski definition) is 3. The van der Waals surface area contributed by atoms with E-state index in [1.54, 1.807) is 0 Å². The van der Waals surface area contributed by atoms with Crippen LogP contribution < -0.4 is 5.73 Å². The van der Waals surface area contributed by atoms with Gasteiger partial charge < -0.3 is 15.5 Å². The highest BCUT2D eigenvalue weighted by atomic mass is 15.2. The number of hydrogen-bond donors (Lipinski definition) is 1. The zero-order valence-corrected chi connectivity index (χ0v) is 8.74. The topological polar surface area (TPSA) is 32.5 Å². The molecule has 2 unspecified atom stereocenters. The van der Waals surface area contributed by atoms with E-state index >= 15 is 0 Å². The first kappa shape index (κ1) is 9.44. The van der Waals surface area contributed by atoms with Gasteiger partial charge in [0.25, 0.3) is 0 Å². The molecule has 2 aliphatic rings. The van der Waals surface area contributed by atoms with Gasteiger partial charge in [0.1, 0.15) is 0 Å². The Hall–Kier alpha value is -0.120. The van der Waals surface area contributed by atoms with Gasteiger partial charge in [-0.3, -0.25) is 0 Å². The fourth-order valence-corrected chi connectivity index (χ4v) is 2.61. The molecule has 1 saturated heterocycles. The average molecular weight is 183 g/mol. The Morgan fingerprint density at radius 2 is 1.92 bits per heavy atom. The summed E-state index contributed by atoms with van der Waals surface area (Å²) in [5, 5.41) is 0. The lowest BCUT2D eigenvalue weighted by Crippen LogP contribution is -2.32. The summed E-state index contributed by atoms with van der Waals surface area (Å²) in [6.07, 6.45) is 0. The van der Waals surface area contributed by atoms with E-state index in [0.717, 1.165) is 24.3 Å². The highest BCUT2D eigenvalue weighted by molar-refractivity contribution is 5.05. The van der Waals surface area contributed by atoms with Crippen LogP contribution in [0.1, 0.15) is 0 Å². The highest BCUT2D eigenvalue weighted by Crippen LogP contribution is 2.50. The van der Waals surface area contributed by atoms with Crippen molar-refractivity contribution in [1.29, 1.82) is 0 Å². The summed E-state index contributed by atoms with van der Waals surface area (Å²) >= 11 is 0. The van der Waals surface area contributed by atoms with E-state index in [2.05, 4.69) is 23.9 Å². The SMILES string of the molecule is CN(C)CCN1CC2C(CN)C2C1. The Morgan fingerprint density at radius 1 is 1.31 bits per heavy atom. The van der Waals surface area contributed by atoms with E-state index in [9.17, 15) is 0 Å². The van der Waals surface area contributed by atoms with Gasteiger partial charge in [0.2, 0.25) is 0 Å². The minimum absolute atomic E-state index is 0.871. The van der Waals surface area contributed by atoms with Gasteiger partial charge in [-0.2, -0.15) is 0 Å². The maximum absolute atomic E-state index is 5.66. The van der Waals surface area contributed by atoms with Crippen molar-refractivity contribution in [3.63, 3.8) is 0 Å². The van der Waals surface area contributed by atoms with Crippen LogP contribution in [0, 0.1) is 17.8 Å². The number of nitrogens with zero attached hydrogens (tertiary/aromatic N) is 2. The molecule has 1 aliphatic carbocycles. The second-order valence-corrected chi connectivity index (χ2v) is 4.79. The van der Waals surface area contributed by atoms with Crippen molar-refractivity contribution < 1.29 is 0 Å². The minimum Gasteiger partial charge on any atom is -0.330 e. The molecule has 0 aromatic rings. The van der Waals surface area contributed by atoms with Crippen molar-refractivity contribution >= 4 is 0 Å². The normalized spacial score (nSPS) is 38.3. The third-order valence-corrected chi connectivity index (χ3v) is 3.58. The van der Waals surface area contributed by atoms with E-state index in [1.807, 2.05) is 0 Å². The van der Waals surface area contributed by atoms with E-state index in [0.29, 0.717) is 0 Å². The van der Waals surface area contributed by atoms with Crippen molar-refractivity contribution in [3.8, 4) is 0 Å². The molecule has 1 aliphatic heterocycles. The number of likely N-dealkylation sites (tertiary alicyclic amines) is 1. The maximum Gasteiger partial charge on any atom is 0.0109 e. The Balaban J connectivity index is 1.66. The molecule has 0 amide bonds. The molecule has 0 bridgehead atoms. The van der Waals surface area contributed by atoms with Crippen LogP contribution >= 0.6 is 0 Å². The van der Waals surface area contributed by atoms with Crippen molar-refractivity contribution in [2.45, 2.75) is 0 Å². The van der Waals surface area contributed by atoms with Crippen LogP contribution in [0.25, 0.3) is 0 Å². The molecule has 3 heteroatoms. The molecule has 0 aromatic heterocycles. The molecule has 1 saturated carbocycles. The predicted octanol–water partition coefficient (Wildman–Crippen LogP) is -0.315. The lowest BCUT2D eigenvalue weighted by molar-refractivity contribution is 0.251. The van der Waals surface area contributed by atoms with Gasteiger partial charge in [-0.05, 0) is 38.4 Å². The first-order chi connectivity index (χ1) is 6.22. The van der Waals surface area contributed by atoms with Crippen LogP contribution in [0.4, 0.5) is 0 Å². The Labute approximate surface area is 80.9 Å². The molecule has 2 N–H and O–H groups in total. The van der Waals surface area contributed by atoms with Gasteiger partial charge in [0.05, 0.1) is 0 Å². The van der Waals surface area contributed by atoms with E-state index in [1.165, 1.54) is 26.2 Å². The third-order valence-electron chi connectivity index (χ3n) is 3.58. The lowest BCUT2D eigenvalue weighted by Gasteiger charge is -2.21. The summed E-state index contributed by atoms with van der Waals surface area (Å²) < 4.78 is 0. The molecule has 0 aromatic carbocycles. The molecular formula is C10H21N3. The number of piperidine rings is 1. The summed E-state index contributed by atoms with van der Waals surface area (Å²) in [6.45, 7) is 5.95. The maximum atomic E-state index is 5.66. The smallest absolute Gasteiger partial charge is 0.0109 e. The number of rotatable bonds is 4. The van der Waals surface area contributed by atoms with Crippen LogP contribution in [0.15, 0.2) is 0 Å². The standard InChI is InChI=1S/C10H21N3/c1-12(2)3-4-13-6-9-8(5-11)10(9)7-13/h8-10H,3-7,11H2,1-2H3. The Morgan fingerprint density at radius 3 is 2.38 bits per heavy atom. The van der Waals surface area contributed by atoms with Gasteiger partial charge in [-0.25, -0.2) is 0 Å². The van der Waals surface area contributed by atoms with Crippen LogP contribution in [0.2, 0.25) is 0 Å². The zero-order chi connectivity index (χ0) is 9.42. The van der Waals surface area contributed by atoms with Gasteiger partial charge in [-0.1, -0.05) is 0 Å². The summed E-state index contributed by atoms with van der Waals surface area (Å²) in [4.78, 5) is 4.84. The number of fused-ring (bicyclic) bond motifs is 1. The summed E-state index contributed by atoms with van der Waals surface area (Å²) in [5.41, 5.74) is 5.66. The van der Waals surface area contributed by atoms with Crippen molar-refractivity contribution in [3.05, 3.63) is 0 Å². The molecule has 0 spiro atoms. The van der Waals surface area contributed by atoms with E-state index in [4.69, 9.17) is 5.73 Å². The van der Waals surface area contributed by atoms with Gasteiger partial charge in [0, 0.05) is 26.2 Å². The fraction of sp³-hybridized carbons (Fsp3) is 1.00. The van der Waals surface area contributed by atoms with Crippen molar-refractivity contribution in [2.75, 3.05) is 46.8 Å². The molecule has 76 valence electrons. The van der Waals surface area contributed by atoms with Crippen LogP contribution in [0.5, 0.6) is 0 Å². The highest BCUT2D eigenvalue weighted by Gasteiger charge is 2.54. The van der Waals surface area contributed by atoms with Gasteiger partial charge in [-0.15, -0.1) is 0 Å². The predicted molar refractivity (Wildman–Crippen MR) is 54.5 cm³/mol. The molecule has 2 rings (SSSR count). The quantitative estimate of drug-likeness (QED) is 0.648. The molecule has 2 atom stereocenters. The average Bonchev–Trinajstić information content (AvgIpc) is 2.56. The lowest BCUT2D eigenvalue weighted by atomic mass is 10.2. The van der Waals surface area contributed by atoms with Crippen LogP contribution in [-0.2, 0) is 0 Å². The number of nitrogens with two attached hydrogens (primary N) is 1. The fourth-order valence-electron chi connectivity index (χ4n) is 2.61. The molecule has 0 radical (unpaired) electrons. The molecule has 2 fully saturated rings. The first-order valence-corrected chi connectivity index (χ1v) is 5.29. The summed E-state index contributed by atoms with van der Waals surface area (Å²) in [6, 6.07) is 0. The molecule has 3 nitrogen and oxygen atoms in total. The Bertz CT molecular complexity index is 169. The van der Waals surface area contributed by atoms with Crippen LogP contribution in [-0.4, -0.2) is 56.6 Å². The Kier molecular flexibility index (Phi) is 2.58. The second kappa shape index (κ2) is 3.56. The second-order valence-electron chi connectivity index (χ2n) is 4.79. The molecule has 1 heterocycles. The monoisotopic (exact) mass is 183 g/mol. The summed E-state index contributed by atoms with van der Waals surface area (Å²) in [5.74, 6) is 2.77. The first-order valence-electron chi connectivity index (χ1n) is 5.29. The minimum atomic E-state index is 0.871. The summed E-state index contributed by atoms with van der Waals surface area (Å²) in [7, 11) is 4.28. The van der Waals surface area contributed by atoms with E-state index < -0.39 is 0 Å². The van der Waals surface area contributed by atoms with Crippen molar-refractivity contribution in [1.82, 2.24) is 9.80 Å².